The molecule has 0 aliphatic carbocycles. The number of aromatic amines is 1. The van der Waals surface area contributed by atoms with Crippen LogP contribution in [0.15, 0.2) is 72.8 Å². The van der Waals surface area contributed by atoms with Crippen LogP contribution in [0.3, 0.4) is 0 Å². The lowest BCUT2D eigenvalue weighted by Gasteiger charge is -2.13. The molecular formula is C24H24N4O2S. The van der Waals surface area contributed by atoms with Gasteiger partial charge in [-0.3, -0.25) is 0 Å². The summed E-state index contributed by atoms with van der Waals surface area (Å²) in [5.41, 5.74) is 7.67. The fraction of sp³-hybridized carbons (Fsp3) is 0.167. The molecule has 0 saturated carbocycles. The highest BCUT2D eigenvalue weighted by atomic mass is 32.1. The number of aromatic nitrogens is 3. The lowest BCUT2D eigenvalue weighted by atomic mass is 10.2. The van der Waals surface area contributed by atoms with E-state index in [4.69, 9.17) is 21.7 Å². The molecule has 0 radical (unpaired) electrons. The number of hydrogen-bond acceptors (Lipinski definition) is 5. The van der Waals surface area contributed by atoms with E-state index in [1.54, 1.807) is 11.8 Å². The first-order valence-corrected chi connectivity index (χ1v) is 10.4. The summed E-state index contributed by atoms with van der Waals surface area (Å²) in [5.74, 6) is 2.23. The van der Waals surface area contributed by atoms with Gasteiger partial charge in [-0.05, 0) is 54.5 Å². The summed E-state index contributed by atoms with van der Waals surface area (Å²) in [6.45, 7) is 3.20. The number of benzene rings is 3. The number of H-pyrrole nitrogens is 1. The lowest BCUT2D eigenvalue weighted by molar-refractivity contribution is 0.306. The van der Waals surface area contributed by atoms with E-state index in [1.165, 1.54) is 5.56 Å². The van der Waals surface area contributed by atoms with Gasteiger partial charge in [-0.15, -0.1) is 0 Å². The first-order valence-electron chi connectivity index (χ1n) is 9.96. The molecule has 31 heavy (non-hydrogen) atoms. The van der Waals surface area contributed by atoms with Gasteiger partial charge in [-0.2, -0.15) is 5.10 Å². The Balaban J connectivity index is 1.41. The second-order valence-electron chi connectivity index (χ2n) is 7.14. The average Bonchev–Trinajstić information content (AvgIpc) is 3.18. The summed E-state index contributed by atoms with van der Waals surface area (Å²) in [6, 6.07) is 24.1. The monoisotopic (exact) mass is 432 g/mol. The molecule has 1 heterocycles. The molecule has 2 N–H and O–H groups in total. The minimum Gasteiger partial charge on any atom is -0.496 e. The molecule has 1 aromatic heterocycles. The first-order chi connectivity index (χ1) is 15.1. The van der Waals surface area contributed by atoms with E-state index in [9.17, 15) is 0 Å². The van der Waals surface area contributed by atoms with E-state index < -0.39 is 0 Å². The van der Waals surface area contributed by atoms with Crippen molar-refractivity contribution in [2.75, 3.05) is 12.5 Å². The highest BCUT2D eigenvalue weighted by molar-refractivity contribution is 7.71. The SMILES string of the molecule is COc1ccccc1-c1n[nH]c(=S)n1NCc1ccc(OCc2ccc(C)cc2)cc1. The quantitative estimate of drug-likeness (QED) is 0.373. The second kappa shape index (κ2) is 9.49. The van der Waals surface area contributed by atoms with Crippen LogP contribution in [0.2, 0.25) is 0 Å². The van der Waals surface area contributed by atoms with Gasteiger partial charge in [0.1, 0.15) is 18.1 Å². The maximum absolute atomic E-state index is 5.89. The Morgan fingerprint density at radius 1 is 0.968 bits per heavy atom. The summed E-state index contributed by atoms with van der Waals surface area (Å²) in [7, 11) is 1.64. The Morgan fingerprint density at radius 2 is 1.68 bits per heavy atom. The third-order valence-corrected chi connectivity index (χ3v) is 5.18. The van der Waals surface area contributed by atoms with Gasteiger partial charge in [0.25, 0.3) is 0 Å². The van der Waals surface area contributed by atoms with Crippen LogP contribution in [0.1, 0.15) is 16.7 Å². The van der Waals surface area contributed by atoms with E-state index in [-0.39, 0.29) is 0 Å². The van der Waals surface area contributed by atoms with Crippen molar-refractivity contribution >= 4 is 12.2 Å². The van der Waals surface area contributed by atoms with Crippen LogP contribution < -0.4 is 14.9 Å². The van der Waals surface area contributed by atoms with E-state index in [0.717, 1.165) is 28.2 Å². The summed E-state index contributed by atoms with van der Waals surface area (Å²) in [6.07, 6.45) is 0. The van der Waals surface area contributed by atoms with Crippen molar-refractivity contribution in [2.24, 2.45) is 0 Å². The number of rotatable bonds is 8. The molecule has 0 aliphatic rings. The summed E-state index contributed by atoms with van der Waals surface area (Å²) >= 11 is 5.40. The molecule has 3 aromatic carbocycles. The Hall–Kier alpha value is -3.58. The van der Waals surface area contributed by atoms with Crippen LogP contribution in [0.25, 0.3) is 11.4 Å². The van der Waals surface area contributed by atoms with Gasteiger partial charge in [0.05, 0.1) is 19.2 Å². The third kappa shape index (κ3) is 4.95. The van der Waals surface area contributed by atoms with Crippen molar-refractivity contribution in [1.82, 2.24) is 14.9 Å². The maximum atomic E-state index is 5.89. The highest BCUT2D eigenvalue weighted by Gasteiger charge is 2.13. The molecule has 6 nitrogen and oxygen atoms in total. The van der Waals surface area contributed by atoms with Gasteiger partial charge >= 0.3 is 0 Å². The van der Waals surface area contributed by atoms with Crippen molar-refractivity contribution < 1.29 is 9.47 Å². The Labute approximate surface area is 186 Å². The van der Waals surface area contributed by atoms with E-state index >= 15 is 0 Å². The standard InChI is InChI=1S/C24H24N4O2S/c1-17-7-9-19(10-8-17)16-30-20-13-11-18(12-14-20)15-25-28-23(26-27-24(28)31)21-5-3-4-6-22(21)29-2/h3-14,25H,15-16H2,1-2H3,(H,27,31). The van der Waals surface area contributed by atoms with Crippen molar-refractivity contribution in [3.8, 4) is 22.9 Å². The molecule has 0 spiro atoms. The van der Waals surface area contributed by atoms with E-state index in [0.29, 0.717) is 23.7 Å². The van der Waals surface area contributed by atoms with Gasteiger partial charge in [-0.1, -0.05) is 54.1 Å². The lowest BCUT2D eigenvalue weighted by Crippen LogP contribution is -2.16. The number of nitrogens with zero attached hydrogens (tertiary/aromatic N) is 2. The minimum absolute atomic E-state index is 0.485. The number of ether oxygens (including phenoxy) is 2. The Kier molecular flexibility index (Phi) is 6.33. The molecule has 7 heteroatoms. The zero-order chi connectivity index (χ0) is 21.6. The van der Waals surface area contributed by atoms with Gasteiger partial charge in [0.15, 0.2) is 5.82 Å². The summed E-state index contributed by atoms with van der Waals surface area (Å²) < 4.78 is 13.6. The van der Waals surface area contributed by atoms with Crippen molar-refractivity contribution in [2.45, 2.75) is 20.1 Å². The molecular weight excluding hydrogens is 408 g/mol. The second-order valence-corrected chi connectivity index (χ2v) is 7.53. The molecule has 0 atom stereocenters. The molecule has 0 unspecified atom stereocenters. The number of para-hydroxylation sites is 1. The predicted octanol–water partition coefficient (Wildman–Crippen LogP) is 5.25. The maximum Gasteiger partial charge on any atom is 0.214 e. The smallest absolute Gasteiger partial charge is 0.214 e. The number of methoxy groups -OCH3 is 1. The van der Waals surface area contributed by atoms with Crippen LogP contribution in [0.4, 0.5) is 0 Å². The molecule has 0 amide bonds. The van der Waals surface area contributed by atoms with Crippen LogP contribution in [0, 0.1) is 11.7 Å². The molecule has 0 bridgehead atoms. The molecule has 0 aliphatic heterocycles. The molecule has 0 saturated heterocycles. The van der Waals surface area contributed by atoms with Crippen molar-refractivity contribution in [3.63, 3.8) is 0 Å². The van der Waals surface area contributed by atoms with Gasteiger partial charge in [-0.25, -0.2) is 9.77 Å². The van der Waals surface area contributed by atoms with Crippen molar-refractivity contribution in [1.29, 1.82) is 0 Å². The number of hydrogen-bond donors (Lipinski definition) is 2. The fourth-order valence-electron chi connectivity index (χ4n) is 3.18. The minimum atomic E-state index is 0.485. The first kappa shape index (κ1) is 20.7. The zero-order valence-electron chi connectivity index (χ0n) is 17.5. The molecule has 4 rings (SSSR count). The van der Waals surface area contributed by atoms with E-state index in [2.05, 4.69) is 46.8 Å². The highest BCUT2D eigenvalue weighted by Crippen LogP contribution is 2.27. The van der Waals surface area contributed by atoms with Crippen LogP contribution in [-0.4, -0.2) is 22.0 Å². The topological polar surface area (TPSA) is 64.1 Å². The molecule has 4 aromatic rings. The Morgan fingerprint density at radius 3 is 2.42 bits per heavy atom. The average molecular weight is 433 g/mol. The number of nitrogens with one attached hydrogen (secondary N) is 2. The van der Waals surface area contributed by atoms with Gasteiger partial charge in [0, 0.05) is 0 Å². The number of aryl methyl sites for hydroxylation is 1. The summed E-state index contributed by atoms with van der Waals surface area (Å²) in [4.78, 5) is 0. The third-order valence-electron chi connectivity index (χ3n) is 4.91. The Bertz CT molecular complexity index is 1200. The normalized spacial score (nSPS) is 10.6. The van der Waals surface area contributed by atoms with Crippen LogP contribution >= 0.6 is 12.2 Å². The van der Waals surface area contributed by atoms with Crippen LogP contribution in [-0.2, 0) is 13.2 Å². The zero-order valence-corrected chi connectivity index (χ0v) is 18.3. The predicted molar refractivity (Wildman–Crippen MR) is 124 cm³/mol. The molecule has 158 valence electrons. The van der Waals surface area contributed by atoms with Crippen molar-refractivity contribution in [3.05, 3.63) is 94.3 Å². The fourth-order valence-corrected chi connectivity index (χ4v) is 3.38. The molecule has 0 fully saturated rings. The van der Waals surface area contributed by atoms with Crippen LogP contribution in [0.5, 0.6) is 11.5 Å². The van der Waals surface area contributed by atoms with Gasteiger partial charge in [0.2, 0.25) is 4.77 Å². The van der Waals surface area contributed by atoms with Gasteiger partial charge < -0.3 is 14.9 Å². The summed E-state index contributed by atoms with van der Waals surface area (Å²) in [5, 5.41) is 7.21. The van der Waals surface area contributed by atoms with E-state index in [1.807, 2.05) is 48.5 Å². The largest absolute Gasteiger partial charge is 0.496 e.